The summed E-state index contributed by atoms with van der Waals surface area (Å²) in [4.78, 5) is 34.7. The number of aliphatic carboxylic acids is 2. The van der Waals surface area contributed by atoms with Crippen molar-refractivity contribution >= 4 is 17.9 Å². The second kappa shape index (κ2) is 10.2. The molecule has 28 heavy (non-hydrogen) atoms. The highest BCUT2D eigenvalue weighted by atomic mass is 16.5. The summed E-state index contributed by atoms with van der Waals surface area (Å²) < 4.78 is 10.9. The van der Waals surface area contributed by atoms with Crippen molar-refractivity contribution in [3.8, 4) is 0 Å². The molecule has 0 aromatic carbocycles. The molecule has 2 fully saturated rings. The zero-order valence-corrected chi connectivity index (χ0v) is 16.6. The molecule has 0 aromatic rings. The van der Waals surface area contributed by atoms with E-state index in [0.29, 0.717) is 11.8 Å². The second-order valence-electron chi connectivity index (χ2n) is 8.45. The van der Waals surface area contributed by atoms with Crippen LogP contribution in [0.25, 0.3) is 0 Å². The highest BCUT2D eigenvalue weighted by Crippen LogP contribution is 2.35. The van der Waals surface area contributed by atoms with Crippen LogP contribution in [-0.4, -0.2) is 58.6 Å². The number of carbonyl (C=O) groups is 3. The van der Waals surface area contributed by atoms with Gasteiger partial charge in [0.15, 0.2) is 0 Å². The number of rotatable bonds is 8. The molecule has 0 radical (unpaired) electrons. The third-order valence-electron chi connectivity index (χ3n) is 6.09. The fraction of sp³-hybridized carbons (Fsp3) is 0.850. The van der Waals surface area contributed by atoms with E-state index in [-0.39, 0.29) is 38.6 Å². The smallest absolute Gasteiger partial charge is 0.309 e. The third kappa shape index (κ3) is 6.17. The van der Waals surface area contributed by atoms with Crippen molar-refractivity contribution < 1.29 is 39.2 Å². The van der Waals surface area contributed by atoms with Crippen molar-refractivity contribution in [2.24, 2.45) is 29.6 Å². The Hall–Kier alpha value is -1.67. The fourth-order valence-corrected chi connectivity index (χ4v) is 4.42. The lowest BCUT2D eigenvalue weighted by Gasteiger charge is -2.33. The zero-order chi connectivity index (χ0) is 20.8. The number of hydrogen-bond acceptors (Lipinski definition) is 6. The molecule has 2 saturated carbocycles. The summed E-state index contributed by atoms with van der Waals surface area (Å²) in [6.45, 7) is 4.23. The minimum absolute atomic E-state index is 0.0600. The van der Waals surface area contributed by atoms with E-state index in [1.54, 1.807) is 0 Å². The summed E-state index contributed by atoms with van der Waals surface area (Å²) in [6, 6.07) is 0. The van der Waals surface area contributed by atoms with Crippen molar-refractivity contribution in [1.29, 1.82) is 0 Å². The number of carboxylic acid groups (broad SMARTS) is 2. The van der Waals surface area contributed by atoms with Crippen molar-refractivity contribution in [3.63, 3.8) is 0 Å². The van der Waals surface area contributed by atoms with Crippen LogP contribution in [0.5, 0.6) is 0 Å². The Morgan fingerprint density at radius 1 is 0.929 bits per heavy atom. The number of aliphatic hydroxyl groups is 1. The van der Waals surface area contributed by atoms with Crippen LogP contribution in [0, 0.1) is 29.6 Å². The first-order chi connectivity index (χ1) is 13.2. The van der Waals surface area contributed by atoms with Gasteiger partial charge < -0.3 is 24.8 Å². The lowest BCUT2D eigenvalue weighted by atomic mass is 9.74. The molecule has 7 unspecified atom stereocenters. The summed E-state index contributed by atoms with van der Waals surface area (Å²) in [5.41, 5.74) is 0. The van der Waals surface area contributed by atoms with Gasteiger partial charge in [0.05, 0.1) is 30.5 Å². The van der Waals surface area contributed by atoms with Gasteiger partial charge >= 0.3 is 17.9 Å². The predicted octanol–water partition coefficient (Wildman–Crippen LogP) is 1.93. The molecular weight excluding hydrogens is 368 g/mol. The average molecular weight is 400 g/mol. The standard InChI is InChI=1S/C20H32O8/c1-11-3-6-17(12(2)7-11)27-9-14(21)10-28-20(26)13-4-5-15(18(22)23)16(8-13)19(24)25/h11-17,21H,3-10H2,1-2H3,(H,22,23)(H,24,25). The van der Waals surface area contributed by atoms with Gasteiger partial charge in [0, 0.05) is 0 Å². The summed E-state index contributed by atoms with van der Waals surface area (Å²) in [7, 11) is 0. The third-order valence-corrected chi connectivity index (χ3v) is 6.09. The van der Waals surface area contributed by atoms with Gasteiger partial charge in [0.1, 0.15) is 12.7 Å². The molecule has 0 aliphatic heterocycles. The first-order valence-electron chi connectivity index (χ1n) is 10.1. The minimum atomic E-state index is -1.21. The molecule has 8 heteroatoms. The largest absolute Gasteiger partial charge is 0.481 e. The molecule has 2 aliphatic carbocycles. The maximum absolute atomic E-state index is 12.2. The van der Waals surface area contributed by atoms with Gasteiger partial charge in [-0.3, -0.25) is 14.4 Å². The maximum Gasteiger partial charge on any atom is 0.309 e. The zero-order valence-electron chi connectivity index (χ0n) is 16.6. The lowest BCUT2D eigenvalue weighted by molar-refractivity contribution is -0.163. The molecule has 0 heterocycles. The van der Waals surface area contributed by atoms with Gasteiger partial charge in [-0.2, -0.15) is 0 Å². The molecule has 0 saturated heterocycles. The molecule has 2 rings (SSSR count). The molecule has 0 aromatic heterocycles. The number of carbonyl (C=O) groups excluding carboxylic acids is 1. The normalized spacial score (nSPS) is 34.4. The number of hydrogen-bond donors (Lipinski definition) is 3. The van der Waals surface area contributed by atoms with Crippen LogP contribution in [0.1, 0.15) is 52.4 Å². The molecule has 0 spiro atoms. The van der Waals surface area contributed by atoms with Crippen molar-refractivity contribution in [1.82, 2.24) is 0 Å². The van der Waals surface area contributed by atoms with E-state index in [9.17, 15) is 24.6 Å². The number of carboxylic acids is 2. The van der Waals surface area contributed by atoms with Crippen molar-refractivity contribution in [2.75, 3.05) is 13.2 Å². The molecule has 2 aliphatic rings. The molecule has 8 nitrogen and oxygen atoms in total. The van der Waals surface area contributed by atoms with Crippen LogP contribution in [0.4, 0.5) is 0 Å². The first-order valence-corrected chi connectivity index (χ1v) is 10.1. The van der Waals surface area contributed by atoms with E-state index in [1.165, 1.54) is 0 Å². The van der Waals surface area contributed by atoms with E-state index >= 15 is 0 Å². The number of esters is 1. The van der Waals surface area contributed by atoms with Crippen LogP contribution in [0.3, 0.4) is 0 Å². The Bertz CT molecular complexity index is 562. The first kappa shape index (κ1) is 22.6. The van der Waals surface area contributed by atoms with Crippen LogP contribution < -0.4 is 0 Å². The Balaban J connectivity index is 1.74. The highest BCUT2D eigenvalue weighted by Gasteiger charge is 2.42. The molecule has 0 bridgehead atoms. The average Bonchev–Trinajstić information content (AvgIpc) is 2.64. The van der Waals surface area contributed by atoms with Crippen molar-refractivity contribution in [3.05, 3.63) is 0 Å². The van der Waals surface area contributed by atoms with E-state index in [2.05, 4.69) is 13.8 Å². The van der Waals surface area contributed by atoms with Gasteiger partial charge in [-0.05, 0) is 50.4 Å². The summed E-state index contributed by atoms with van der Waals surface area (Å²) in [5, 5.41) is 28.4. The SMILES string of the molecule is CC1CCC(OCC(O)COC(=O)C2CCC(C(=O)O)C(C(=O)O)C2)C(C)C1. The van der Waals surface area contributed by atoms with E-state index < -0.39 is 41.8 Å². The molecule has 3 N–H and O–H groups in total. The predicted molar refractivity (Wildman–Crippen MR) is 98.5 cm³/mol. The van der Waals surface area contributed by atoms with Crippen LogP contribution in [0.2, 0.25) is 0 Å². The highest BCUT2D eigenvalue weighted by molar-refractivity contribution is 5.82. The maximum atomic E-state index is 12.2. The number of aliphatic hydroxyl groups excluding tert-OH is 1. The topological polar surface area (TPSA) is 130 Å². The number of ether oxygens (including phenoxy) is 2. The molecule has 7 atom stereocenters. The Morgan fingerprint density at radius 2 is 1.61 bits per heavy atom. The quantitative estimate of drug-likeness (QED) is 0.527. The van der Waals surface area contributed by atoms with Gasteiger partial charge in [0.2, 0.25) is 0 Å². The second-order valence-corrected chi connectivity index (χ2v) is 8.45. The molecule has 160 valence electrons. The van der Waals surface area contributed by atoms with Gasteiger partial charge in [0.25, 0.3) is 0 Å². The van der Waals surface area contributed by atoms with Crippen LogP contribution in [0.15, 0.2) is 0 Å². The fourth-order valence-electron chi connectivity index (χ4n) is 4.42. The molecular formula is C20H32O8. The Kier molecular flexibility index (Phi) is 8.24. The van der Waals surface area contributed by atoms with Gasteiger partial charge in [-0.1, -0.05) is 13.8 Å². The van der Waals surface area contributed by atoms with E-state index in [0.717, 1.165) is 19.3 Å². The van der Waals surface area contributed by atoms with Gasteiger partial charge in [-0.25, -0.2) is 0 Å². The van der Waals surface area contributed by atoms with E-state index in [4.69, 9.17) is 14.6 Å². The van der Waals surface area contributed by atoms with Crippen LogP contribution in [-0.2, 0) is 23.9 Å². The Labute approximate surface area is 165 Å². The summed E-state index contributed by atoms with van der Waals surface area (Å²) >= 11 is 0. The van der Waals surface area contributed by atoms with Crippen LogP contribution >= 0.6 is 0 Å². The minimum Gasteiger partial charge on any atom is -0.481 e. The summed E-state index contributed by atoms with van der Waals surface area (Å²) in [5.74, 6) is -4.60. The van der Waals surface area contributed by atoms with E-state index in [1.807, 2.05) is 0 Å². The summed E-state index contributed by atoms with van der Waals surface area (Å²) in [6.07, 6.45) is 2.64. The van der Waals surface area contributed by atoms with Crippen molar-refractivity contribution in [2.45, 2.75) is 64.6 Å². The monoisotopic (exact) mass is 400 g/mol. The molecule has 0 amide bonds. The Morgan fingerprint density at radius 3 is 2.21 bits per heavy atom. The van der Waals surface area contributed by atoms with Gasteiger partial charge in [-0.15, -0.1) is 0 Å². The lowest BCUT2D eigenvalue weighted by Crippen LogP contribution is -2.39.